The van der Waals surface area contributed by atoms with Gasteiger partial charge in [0.15, 0.2) is 0 Å². The third-order valence-corrected chi connectivity index (χ3v) is 4.10. The second kappa shape index (κ2) is 6.48. The van der Waals surface area contributed by atoms with E-state index in [0.717, 1.165) is 39.8 Å². The van der Waals surface area contributed by atoms with E-state index in [9.17, 15) is 0 Å². The van der Waals surface area contributed by atoms with Gasteiger partial charge in [0.05, 0.1) is 28.4 Å². The van der Waals surface area contributed by atoms with Gasteiger partial charge in [0.1, 0.15) is 5.70 Å². The number of pyridine rings is 2. The molecular weight excluding hydrogens is 324 g/mol. The first-order chi connectivity index (χ1) is 12.6. The Morgan fingerprint density at radius 1 is 0.846 bits per heavy atom. The van der Waals surface area contributed by atoms with Crippen LogP contribution < -0.4 is 0 Å². The van der Waals surface area contributed by atoms with E-state index in [-0.39, 0.29) is 0 Å². The standard InChI is InChI=1S/C20H18N6/c1-13-12-14(2)26(25-13)20-23-15(3)19(24-20)18(16-8-4-6-10-21-16)17-9-5-7-11-22-17/h4-12H,1-3H3. The van der Waals surface area contributed by atoms with Crippen molar-refractivity contribution in [1.82, 2.24) is 19.7 Å². The van der Waals surface area contributed by atoms with Crippen molar-refractivity contribution in [3.05, 3.63) is 83.3 Å². The fourth-order valence-electron chi connectivity index (χ4n) is 2.97. The lowest BCUT2D eigenvalue weighted by molar-refractivity contribution is 0.873. The van der Waals surface area contributed by atoms with Crippen LogP contribution in [0.2, 0.25) is 0 Å². The molecule has 0 fully saturated rings. The van der Waals surface area contributed by atoms with E-state index >= 15 is 0 Å². The van der Waals surface area contributed by atoms with E-state index in [0.29, 0.717) is 5.96 Å². The van der Waals surface area contributed by atoms with Crippen molar-refractivity contribution in [2.75, 3.05) is 0 Å². The highest BCUT2D eigenvalue weighted by molar-refractivity contribution is 6.16. The molecule has 0 atom stereocenters. The average molecular weight is 342 g/mol. The van der Waals surface area contributed by atoms with Crippen molar-refractivity contribution >= 4 is 17.2 Å². The highest BCUT2D eigenvalue weighted by Gasteiger charge is 2.23. The van der Waals surface area contributed by atoms with E-state index in [4.69, 9.17) is 4.99 Å². The van der Waals surface area contributed by atoms with Crippen LogP contribution in [0, 0.1) is 13.8 Å². The smallest absolute Gasteiger partial charge is 0.251 e. The molecule has 0 saturated carbocycles. The second-order valence-electron chi connectivity index (χ2n) is 6.10. The first kappa shape index (κ1) is 16.1. The van der Waals surface area contributed by atoms with Crippen LogP contribution in [0.1, 0.15) is 29.7 Å². The van der Waals surface area contributed by atoms with Crippen LogP contribution in [0.25, 0.3) is 5.57 Å². The largest absolute Gasteiger partial charge is 0.256 e. The number of nitrogens with zero attached hydrogens (tertiary/aromatic N) is 6. The van der Waals surface area contributed by atoms with Crippen molar-refractivity contribution in [1.29, 1.82) is 0 Å². The Kier molecular flexibility index (Phi) is 4.01. The molecule has 0 N–H and O–H groups in total. The van der Waals surface area contributed by atoms with Crippen molar-refractivity contribution in [2.45, 2.75) is 20.8 Å². The number of allylic oxidation sites excluding steroid dienone is 1. The van der Waals surface area contributed by atoms with E-state index < -0.39 is 0 Å². The molecule has 0 aromatic carbocycles. The number of aryl methyl sites for hydroxylation is 2. The summed E-state index contributed by atoms with van der Waals surface area (Å²) in [5.74, 6) is 0.562. The maximum Gasteiger partial charge on any atom is 0.251 e. The summed E-state index contributed by atoms with van der Waals surface area (Å²) < 4.78 is 1.76. The van der Waals surface area contributed by atoms with Gasteiger partial charge in [-0.25, -0.2) is 14.7 Å². The molecule has 6 nitrogen and oxygen atoms in total. The minimum absolute atomic E-state index is 0.562. The molecule has 0 spiro atoms. The first-order valence-electron chi connectivity index (χ1n) is 8.38. The predicted molar refractivity (Wildman–Crippen MR) is 102 cm³/mol. The minimum atomic E-state index is 0.562. The number of hydrogen-bond donors (Lipinski definition) is 0. The number of aliphatic imine (C=N–C) groups is 2. The van der Waals surface area contributed by atoms with Crippen molar-refractivity contribution in [3.63, 3.8) is 0 Å². The van der Waals surface area contributed by atoms with Gasteiger partial charge in [-0.3, -0.25) is 9.97 Å². The molecule has 4 heterocycles. The summed E-state index contributed by atoms with van der Waals surface area (Å²) in [5, 5.41) is 4.49. The van der Waals surface area contributed by atoms with E-state index in [1.165, 1.54) is 0 Å². The zero-order valence-electron chi connectivity index (χ0n) is 14.9. The fraction of sp³-hybridized carbons (Fsp3) is 0.150. The Morgan fingerprint density at radius 2 is 1.50 bits per heavy atom. The highest BCUT2D eigenvalue weighted by atomic mass is 15.4. The first-order valence-corrected chi connectivity index (χ1v) is 8.38. The molecular formula is C20H18N6. The molecule has 0 aliphatic carbocycles. The van der Waals surface area contributed by atoms with E-state index in [2.05, 4.69) is 20.1 Å². The Labute approximate surface area is 151 Å². The molecule has 0 unspecified atom stereocenters. The predicted octanol–water partition coefficient (Wildman–Crippen LogP) is 3.43. The van der Waals surface area contributed by atoms with Gasteiger partial charge in [-0.2, -0.15) is 5.10 Å². The molecule has 0 amide bonds. The number of hydrogen-bond acceptors (Lipinski definition) is 5. The molecule has 26 heavy (non-hydrogen) atoms. The zero-order valence-corrected chi connectivity index (χ0v) is 14.9. The Morgan fingerprint density at radius 3 is 2.00 bits per heavy atom. The van der Waals surface area contributed by atoms with Gasteiger partial charge < -0.3 is 0 Å². The van der Waals surface area contributed by atoms with Gasteiger partial charge in [-0.15, -0.1) is 0 Å². The summed E-state index contributed by atoms with van der Waals surface area (Å²) in [6.07, 6.45) is 3.54. The lowest BCUT2D eigenvalue weighted by Gasteiger charge is -2.09. The minimum Gasteiger partial charge on any atom is -0.256 e. The maximum absolute atomic E-state index is 4.78. The van der Waals surface area contributed by atoms with Crippen LogP contribution in [0.5, 0.6) is 0 Å². The summed E-state index contributed by atoms with van der Waals surface area (Å²) in [4.78, 5) is 18.4. The van der Waals surface area contributed by atoms with Gasteiger partial charge in [0, 0.05) is 18.1 Å². The summed E-state index contributed by atoms with van der Waals surface area (Å²) >= 11 is 0. The van der Waals surface area contributed by atoms with Crippen molar-refractivity contribution < 1.29 is 0 Å². The topological polar surface area (TPSA) is 68.3 Å². The van der Waals surface area contributed by atoms with E-state index in [1.807, 2.05) is 63.2 Å². The molecule has 0 saturated heterocycles. The molecule has 1 aliphatic rings. The van der Waals surface area contributed by atoms with Crippen LogP contribution in [-0.2, 0) is 0 Å². The molecule has 128 valence electrons. The highest BCUT2D eigenvalue weighted by Crippen LogP contribution is 2.28. The van der Waals surface area contributed by atoms with Crippen LogP contribution in [-0.4, -0.2) is 31.4 Å². The number of rotatable bonds is 2. The van der Waals surface area contributed by atoms with Gasteiger partial charge in [-0.1, -0.05) is 12.1 Å². The third-order valence-electron chi connectivity index (χ3n) is 4.10. The monoisotopic (exact) mass is 342 g/mol. The van der Waals surface area contributed by atoms with Gasteiger partial charge in [0.25, 0.3) is 5.96 Å². The van der Waals surface area contributed by atoms with E-state index in [1.54, 1.807) is 17.1 Å². The summed E-state index contributed by atoms with van der Waals surface area (Å²) in [5.41, 5.74) is 6.01. The van der Waals surface area contributed by atoms with Crippen LogP contribution in [0.4, 0.5) is 0 Å². The second-order valence-corrected chi connectivity index (χ2v) is 6.10. The Bertz CT molecular complexity index is 1000. The molecule has 4 rings (SSSR count). The van der Waals surface area contributed by atoms with Crippen LogP contribution >= 0.6 is 0 Å². The molecule has 6 heteroatoms. The molecule has 1 aliphatic heterocycles. The van der Waals surface area contributed by atoms with Gasteiger partial charge in [-0.05, 0) is 51.1 Å². The summed E-state index contributed by atoms with van der Waals surface area (Å²) in [7, 11) is 0. The SMILES string of the molecule is CC1=NC(n2nc(C)cc2C)=NC1=C(c1ccccn1)c1ccccn1. The number of aromatic nitrogens is 4. The molecule has 0 radical (unpaired) electrons. The maximum atomic E-state index is 4.78. The molecule has 3 aromatic heterocycles. The normalized spacial score (nSPS) is 13.6. The lowest BCUT2D eigenvalue weighted by atomic mass is 10.0. The average Bonchev–Trinajstić information content (AvgIpc) is 3.19. The summed E-state index contributed by atoms with van der Waals surface area (Å²) in [6, 6.07) is 13.6. The summed E-state index contributed by atoms with van der Waals surface area (Å²) in [6.45, 7) is 5.90. The quantitative estimate of drug-likeness (QED) is 0.716. The van der Waals surface area contributed by atoms with Crippen LogP contribution in [0.15, 0.2) is 70.5 Å². The molecule has 0 bridgehead atoms. The lowest BCUT2D eigenvalue weighted by Crippen LogP contribution is -2.11. The van der Waals surface area contributed by atoms with Gasteiger partial charge in [0.2, 0.25) is 0 Å². The van der Waals surface area contributed by atoms with Crippen molar-refractivity contribution in [3.8, 4) is 0 Å². The molecule has 3 aromatic rings. The Hall–Kier alpha value is -3.41. The zero-order chi connectivity index (χ0) is 18.1. The van der Waals surface area contributed by atoms with Crippen LogP contribution in [0.3, 0.4) is 0 Å². The Balaban J connectivity index is 1.93. The van der Waals surface area contributed by atoms with Gasteiger partial charge >= 0.3 is 0 Å². The van der Waals surface area contributed by atoms with Crippen molar-refractivity contribution in [2.24, 2.45) is 9.98 Å². The fourth-order valence-corrected chi connectivity index (χ4v) is 2.97. The third kappa shape index (κ3) is 2.86.